The van der Waals surface area contributed by atoms with E-state index in [0.29, 0.717) is 17.6 Å². The molecule has 100 valence electrons. The molecule has 3 heterocycles. The van der Waals surface area contributed by atoms with Crippen molar-refractivity contribution in [3.05, 3.63) is 23.8 Å². The minimum Gasteiger partial charge on any atom is -0.465 e. The highest BCUT2D eigenvalue weighted by Gasteiger charge is 2.44. The molecular weight excluding hydrogens is 312 g/mol. The van der Waals surface area contributed by atoms with Crippen LogP contribution in [0.2, 0.25) is 0 Å². The number of likely N-dealkylation sites (tertiary alicyclic amines) is 1. The number of carbonyl (C=O) groups is 1. The molecule has 0 aromatic carbocycles. The lowest BCUT2D eigenvalue weighted by Crippen LogP contribution is -2.39. The number of hydrogen-bond acceptors (Lipinski definition) is 3. The van der Waals surface area contributed by atoms with Gasteiger partial charge in [-0.2, -0.15) is 4.99 Å². The fraction of sp³-hybridized carbons (Fsp3) is 0.417. The van der Waals surface area contributed by atoms with Crippen LogP contribution in [0.25, 0.3) is 0 Å². The SMILES string of the molecule is C[N+]12C=CN=CC1=C(C1CCN(C(=O)O)C1)N=C2Br. The molecule has 0 aromatic heterocycles. The summed E-state index contributed by atoms with van der Waals surface area (Å²) in [6, 6.07) is 0. The van der Waals surface area contributed by atoms with Gasteiger partial charge < -0.3 is 10.0 Å². The molecule has 2 unspecified atom stereocenters. The number of aliphatic imine (C=N–C) groups is 2. The van der Waals surface area contributed by atoms with E-state index < -0.39 is 6.09 Å². The van der Waals surface area contributed by atoms with E-state index in [1.54, 1.807) is 6.20 Å². The van der Waals surface area contributed by atoms with E-state index in [4.69, 9.17) is 5.11 Å². The molecule has 1 amide bonds. The molecule has 2 atom stereocenters. The third-order valence-electron chi connectivity index (χ3n) is 3.85. The van der Waals surface area contributed by atoms with Gasteiger partial charge in [0.05, 0.1) is 19.5 Å². The van der Waals surface area contributed by atoms with E-state index >= 15 is 0 Å². The van der Waals surface area contributed by atoms with Gasteiger partial charge in [-0.25, -0.2) is 9.28 Å². The van der Waals surface area contributed by atoms with Crippen LogP contribution in [0.5, 0.6) is 0 Å². The third-order valence-corrected chi connectivity index (χ3v) is 4.77. The molecular formula is C12H14BrN4O2+. The van der Waals surface area contributed by atoms with Gasteiger partial charge in [0.1, 0.15) is 11.9 Å². The molecule has 3 aliphatic rings. The Morgan fingerprint density at radius 3 is 3.11 bits per heavy atom. The highest BCUT2D eigenvalue weighted by atomic mass is 79.9. The van der Waals surface area contributed by atoms with Crippen molar-refractivity contribution in [2.45, 2.75) is 6.42 Å². The number of allylic oxidation sites excluding steroid dienone is 1. The van der Waals surface area contributed by atoms with E-state index in [1.165, 1.54) is 4.90 Å². The first-order valence-electron chi connectivity index (χ1n) is 6.07. The Bertz CT molecular complexity index is 566. The van der Waals surface area contributed by atoms with Crippen molar-refractivity contribution >= 4 is 33.0 Å². The van der Waals surface area contributed by atoms with Crippen molar-refractivity contribution in [3.63, 3.8) is 0 Å². The van der Waals surface area contributed by atoms with Crippen LogP contribution in [0.15, 0.2) is 33.8 Å². The van der Waals surface area contributed by atoms with E-state index in [2.05, 4.69) is 25.9 Å². The van der Waals surface area contributed by atoms with E-state index in [1.807, 2.05) is 19.5 Å². The maximum atomic E-state index is 11.0. The quantitative estimate of drug-likeness (QED) is 0.591. The summed E-state index contributed by atoms with van der Waals surface area (Å²) in [5, 5.41) is 9.03. The van der Waals surface area contributed by atoms with Crippen molar-refractivity contribution in [2.24, 2.45) is 15.9 Å². The summed E-state index contributed by atoms with van der Waals surface area (Å²) in [4.78, 5) is 21.2. The van der Waals surface area contributed by atoms with Gasteiger partial charge in [-0.15, -0.1) is 0 Å². The Hall–Kier alpha value is -1.47. The van der Waals surface area contributed by atoms with Gasteiger partial charge in [-0.3, -0.25) is 4.99 Å². The number of halogens is 1. The van der Waals surface area contributed by atoms with Crippen LogP contribution in [-0.2, 0) is 0 Å². The van der Waals surface area contributed by atoms with Gasteiger partial charge in [0.25, 0.3) is 4.74 Å². The predicted octanol–water partition coefficient (Wildman–Crippen LogP) is 1.96. The number of carboxylic acid groups (broad SMARTS) is 1. The topological polar surface area (TPSA) is 65.3 Å². The fourth-order valence-corrected chi connectivity index (χ4v) is 3.17. The minimum absolute atomic E-state index is 0.150. The van der Waals surface area contributed by atoms with E-state index in [-0.39, 0.29) is 5.92 Å². The van der Waals surface area contributed by atoms with Crippen molar-refractivity contribution in [3.8, 4) is 0 Å². The van der Waals surface area contributed by atoms with E-state index in [9.17, 15) is 4.79 Å². The van der Waals surface area contributed by atoms with Crippen molar-refractivity contribution in [1.82, 2.24) is 4.90 Å². The van der Waals surface area contributed by atoms with Crippen molar-refractivity contribution in [1.29, 1.82) is 0 Å². The second-order valence-electron chi connectivity index (χ2n) is 5.02. The molecule has 3 rings (SSSR count). The van der Waals surface area contributed by atoms with E-state index in [0.717, 1.165) is 22.6 Å². The van der Waals surface area contributed by atoms with Crippen LogP contribution in [-0.4, -0.2) is 51.7 Å². The Kier molecular flexibility index (Phi) is 2.83. The second-order valence-corrected chi connectivity index (χ2v) is 5.73. The summed E-state index contributed by atoms with van der Waals surface area (Å²) < 4.78 is 1.29. The second kappa shape index (κ2) is 4.28. The number of amidine groups is 1. The molecule has 1 N–H and O–H groups in total. The minimum atomic E-state index is -0.858. The van der Waals surface area contributed by atoms with Crippen molar-refractivity contribution < 1.29 is 14.4 Å². The lowest BCUT2D eigenvalue weighted by atomic mass is 10.0. The summed E-state index contributed by atoms with van der Waals surface area (Å²) in [5.41, 5.74) is 1.97. The molecule has 6 nitrogen and oxygen atoms in total. The zero-order chi connectivity index (χ0) is 13.6. The van der Waals surface area contributed by atoms with Gasteiger partial charge in [-0.05, 0) is 6.42 Å². The Balaban J connectivity index is 1.94. The van der Waals surface area contributed by atoms with Gasteiger partial charge in [0.2, 0.25) is 0 Å². The largest absolute Gasteiger partial charge is 0.465 e. The monoisotopic (exact) mass is 325 g/mol. The summed E-state index contributed by atoms with van der Waals surface area (Å²) in [6.07, 6.45) is 5.48. The van der Waals surface area contributed by atoms with Gasteiger partial charge in [0.15, 0.2) is 5.70 Å². The Morgan fingerprint density at radius 2 is 2.42 bits per heavy atom. The standard InChI is InChI=1S/C12H13BrN4O2/c1-17-5-3-14-6-9(17)10(15-11(17)13)8-2-4-16(7-8)12(18)19/h3,5-6,8H,2,4,7H2,1H3/p+1. The average Bonchev–Trinajstić information content (AvgIpc) is 2.94. The van der Waals surface area contributed by atoms with Gasteiger partial charge in [0, 0.05) is 34.9 Å². The van der Waals surface area contributed by atoms with Gasteiger partial charge >= 0.3 is 6.09 Å². The zero-order valence-electron chi connectivity index (χ0n) is 10.5. The normalized spacial score (nSPS) is 32.8. The molecule has 0 radical (unpaired) electrons. The Labute approximate surface area is 119 Å². The molecule has 3 aliphatic heterocycles. The van der Waals surface area contributed by atoms with Crippen LogP contribution in [0, 0.1) is 5.92 Å². The molecule has 0 spiro atoms. The van der Waals surface area contributed by atoms with Crippen LogP contribution < -0.4 is 0 Å². The number of quaternary nitrogens is 1. The van der Waals surface area contributed by atoms with Crippen LogP contribution in [0.1, 0.15) is 6.42 Å². The zero-order valence-corrected chi connectivity index (χ0v) is 12.0. The highest BCUT2D eigenvalue weighted by Crippen LogP contribution is 2.38. The molecule has 1 fully saturated rings. The van der Waals surface area contributed by atoms with Gasteiger partial charge in [-0.1, -0.05) is 0 Å². The number of hydrogen-bond donors (Lipinski definition) is 1. The number of nitrogens with zero attached hydrogens (tertiary/aromatic N) is 4. The Morgan fingerprint density at radius 1 is 1.63 bits per heavy atom. The summed E-state index contributed by atoms with van der Waals surface area (Å²) in [6.45, 7) is 1.08. The van der Waals surface area contributed by atoms with Crippen LogP contribution in [0.4, 0.5) is 4.79 Å². The molecule has 1 saturated heterocycles. The van der Waals surface area contributed by atoms with Crippen molar-refractivity contribution in [2.75, 3.05) is 20.1 Å². The third kappa shape index (κ3) is 1.84. The molecule has 0 saturated carbocycles. The summed E-state index contributed by atoms with van der Waals surface area (Å²) in [5.74, 6) is 0.150. The molecule has 0 aromatic rings. The first kappa shape index (κ1) is 12.6. The number of rotatable bonds is 1. The predicted molar refractivity (Wildman–Crippen MR) is 74.9 cm³/mol. The first-order chi connectivity index (χ1) is 9.02. The summed E-state index contributed by atoms with van der Waals surface area (Å²) >= 11 is 3.51. The lowest BCUT2D eigenvalue weighted by molar-refractivity contribution is -0.709. The maximum Gasteiger partial charge on any atom is 0.407 e. The molecule has 7 heteroatoms. The van der Waals surface area contributed by atoms with Crippen LogP contribution in [0.3, 0.4) is 0 Å². The maximum absolute atomic E-state index is 11.0. The fourth-order valence-electron chi connectivity index (χ4n) is 2.67. The molecule has 19 heavy (non-hydrogen) atoms. The molecule has 0 aliphatic carbocycles. The average molecular weight is 326 g/mol. The lowest BCUT2D eigenvalue weighted by Gasteiger charge is -2.25. The number of fused-ring (bicyclic) bond motifs is 1. The van der Waals surface area contributed by atoms with Crippen LogP contribution >= 0.6 is 15.9 Å². The first-order valence-corrected chi connectivity index (χ1v) is 6.86. The highest BCUT2D eigenvalue weighted by molar-refractivity contribution is 9.18. The smallest absolute Gasteiger partial charge is 0.407 e. The molecule has 0 bridgehead atoms. The summed E-state index contributed by atoms with van der Waals surface area (Å²) in [7, 11) is 2.03. The number of amides is 1.